The Labute approximate surface area is 120 Å². The molecule has 0 radical (unpaired) electrons. The SMILES string of the molecule is CN(c1ccc([N+](=O)[O-])c(I)c1)C1CCCNC1. The quantitative estimate of drug-likeness (QED) is 0.510. The van der Waals surface area contributed by atoms with Crippen molar-refractivity contribution in [2.75, 3.05) is 25.0 Å². The Morgan fingerprint density at radius 3 is 2.89 bits per heavy atom. The van der Waals surface area contributed by atoms with Crippen molar-refractivity contribution in [1.82, 2.24) is 5.32 Å². The minimum atomic E-state index is -0.340. The molecule has 0 spiro atoms. The highest BCUT2D eigenvalue weighted by molar-refractivity contribution is 14.1. The molecule has 2 rings (SSSR count). The molecule has 1 saturated heterocycles. The van der Waals surface area contributed by atoms with Gasteiger partial charge in [-0.1, -0.05) is 0 Å². The number of piperidine rings is 1. The first-order chi connectivity index (χ1) is 8.59. The summed E-state index contributed by atoms with van der Waals surface area (Å²) >= 11 is 2.02. The number of likely N-dealkylation sites (N-methyl/N-ethyl adjacent to an activating group) is 1. The Morgan fingerprint density at radius 2 is 2.33 bits per heavy atom. The highest BCUT2D eigenvalue weighted by atomic mass is 127. The molecule has 0 saturated carbocycles. The van der Waals surface area contributed by atoms with Crippen LogP contribution in [-0.4, -0.2) is 31.1 Å². The number of rotatable bonds is 3. The molecule has 1 aromatic carbocycles. The fourth-order valence-corrected chi connectivity index (χ4v) is 2.93. The van der Waals surface area contributed by atoms with Crippen molar-refractivity contribution in [3.8, 4) is 0 Å². The molecule has 1 heterocycles. The summed E-state index contributed by atoms with van der Waals surface area (Å²) in [6.45, 7) is 2.06. The standard InChI is InChI=1S/C12H16IN3O2/c1-15(10-3-2-6-14-8-10)9-4-5-12(16(17)18)11(13)7-9/h4-5,7,10,14H,2-3,6,8H2,1H3. The number of nitrogens with zero attached hydrogens (tertiary/aromatic N) is 2. The van der Waals surface area contributed by atoms with E-state index in [2.05, 4.69) is 17.3 Å². The molecule has 5 nitrogen and oxygen atoms in total. The number of benzene rings is 1. The molecular weight excluding hydrogens is 345 g/mol. The predicted octanol–water partition coefficient (Wildman–Crippen LogP) is 2.39. The van der Waals surface area contributed by atoms with Crippen LogP contribution in [0.3, 0.4) is 0 Å². The molecule has 6 heteroatoms. The van der Waals surface area contributed by atoms with E-state index in [-0.39, 0.29) is 10.6 Å². The predicted molar refractivity (Wildman–Crippen MR) is 80.1 cm³/mol. The zero-order valence-corrected chi connectivity index (χ0v) is 12.4. The van der Waals surface area contributed by atoms with E-state index >= 15 is 0 Å². The maximum atomic E-state index is 10.8. The molecule has 0 bridgehead atoms. The van der Waals surface area contributed by atoms with Crippen LogP contribution in [0.2, 0.25) is 0 Å². The van der Waals surface area contributed by atoms with Crippen molar-refractivity contribution < 1.29 is 4.92 Å². The third-order valence-corrected chi connectivity index (χ3v) is 4.22. The van der Waals surface area contributed by atoms with E-state index in [1.807, 2.05) is 34.7 Å². The van der Waals surface area contributed by atoms with Gasteiger partial charge in [0.1, 0.15) is 0 Å². The third-order valence-electron chi connectivity index (χ3n) is 3.35. The van der Waals surface area contributed by atoms with Crippen LogP contribution in [0.15, 0.2) is 18.2 Å². The van der Waals surface area contributed by atoms with Crippen LogP contribution in [0.25, 0.3) is 0 Å². The lowest BCUT2D eigenvalue weighted by Crippen LogP contribution is -2.44. The highest BCUT2D eigenvalue weighted by Gasteiger charge is 2.20. The molecule has 1 fully saturated rings. The summed E-state index contributed by atoms with van der Waals surface area (Å²) < 4.78 is 0.686. The summed E-state index contributed by atoms with van der Waals surface area (Å²) in [6.07, 6.45) is 2.34. The monoisotopic (exact) mass is 361 g/mol. The molecule has 1 aliphatic heterocycles. The Kier molecular flexibility index (Phi) is 4.39. The smallest absolute Gasteiger partial charge is 0.282 e. The van der Waals surface area contributed by atoms with Crippen LogP contribution in [0.4, 0.5) is 11.4 Å². The van der Waals surface area contributed by atoms with Gasteiger partial charge < -0.3 is 10.2 Å². The maximum Gasteiger partial charge on any atom is 0.282 e. The van der Waals surface area contributed by atoms with Crippen LogP contribution >= 0.6 is 22.6 Å². The fraction of sp³-hybridized carbons (Fsp3) is 0.500. The topological polar surface area (TPSA) is 58.4 Å². The maximum absolute atomic E-state index is 10.8. The number of anilines is 1. The van der Waals surface area contributed by atoms with Crippen LogP contribution in [-0.2, 0) is 0 Å². The second-order valence-corrected chi connectivity index (χ2v) is 5.67. The number of nitro benzene ring substituents is 1. The summed E-state index contributed by atoms with van der Waals surface area (Å²) in [7, 11) is 2.05. The van der Waals surface area contributed by atoms with E-state index in [4.69, 9.17) is 0 Å². The number of hydrogen-bond donors (Lipinski definition) is 1. The fourth-order valence-electron chi connectivity index (χ4n) is 2.24. The molecule has 0 amide bonds. The molecule has 0 aromatic heterocycles. The summed E-state index contributed by atoms with van der Waals surface area (Å²) in [5, 5.41) is 14.2. The summed E-state index contributed by atoms with van der Waals surface area (Å²) in [5.74, 6) is 0. The Bertz CT molecular complexity index is 447. The minimum absolute atomic E-state index is 0.175. The van der Waals surface area contributed by atoms with E-state index in [0.29, 0.717) is 9.61 Å². The van der Waals surface area contributed by atoms with Gasteiger partial charge in [-0.25, -0.2) is 0 Å². The van der Waals surface area contributed by atoms with Gasteiger partial charge in [0.25, 0.3) is 5.69 Å². The molecule has 1 unspecified atom stereocenters. The van der Waals surface area contributed by atoms with E-state index in [1.54, 1.807) is 6.07 Å². The number of hydrogen-bond acceptors (Lipinski definition) is 4. The van der Waals surface area contributed by atoms with Crippen molar-refractivity contribution in [2.24, 2.45) is 0 Å². The van der Waals surface area contributed by atoms with Gasteiger partial charge in [-0.3, -0.25) is 10.1 Å². The van der Waals surface area contributed by atoms with Gasteiger partial charge in [0, 0.05) is 31.4 Å². The summed E-state index contributed by atoms with van der Waals surface area (Å²) in [5.41, 5.74) is 1.22. The van der Waals surface area contributed by atoms with E-state index in [1.165, 1.54) is 6.42 Å². The van der Waals surface area contributed by atoms with Crippen molar-refractivity contribution in [2.45, 2.75) is 18.9 Å². The van der Waals surface area contributed by atoms with Crippen LogP contribution in [0, 0.1) is 13.7 Å². The van der Waals surface area contributed by atoms with Gasteiger partial charge >= 0.3 is 0 Å². The van der Waals surface area contributed by atoms with E-state index in [0.717, 1.165) is 25.2 Å². The van der Waals surface area contributed by atoms with Gasteiger partial charge in [0.2, 0.25) is 0 Å². The number of nitrogens with one attached hydrogen (secondary N) is 1. The lowest BCUT2D eigenvalue weighted by molar-refractivity contribution is -0.385. The molecule has 1 aromatic rings. The van der Waals surface area contributed by atoms with Gasteiger partial charge in [-0.2, -0.15) is 0 Å². The normalized spacial score (nSPS) is 19.6. The Balaban J connectivity index is 2.17. The molecule has 18 heavy (non-hydrogen) atoms. The molecule has 1 aliphatic rings. The third kappa shape index (κ3) is 2.92. The van der Waals surface area contributed by atoms with Gasteiger partial charge in [-0.15, -0.1) is 0 Å². The zero-order chi connectivity index (χ0) is 13.1. The second-order valence-electron chi connectivity index (χ2n) is 4.50. The lowest BCUT2D eigenvalue weighted by Gasteiger charge is -2.33. The first kappa shape index (κ1) is 13.5. The molecule has 1 atom stereocenters. The molecule has 0 aliphatic carbocycles. The van der Waals surface area contributed by atoms with E-state index < -0.39 is 0 Å². The second kappa shape index (κ2) is 5.83. The molecule has 1 N–H and O–H groups in total. The van der Waals surface area contributed by atoms with Crippen LogP contribution in [0.1, 0.15) is 12.8 Å². The Morgan fingerprint density at radius 1 is 1.56 bits per heavy atom. The van der Waals surface area contributed by atoms with Gasteiger partial charge in [-0.05, 0) is 54.1 Å². The lowest BCUT2D eigenvalue weighted by atomic mass is 10.1. The van der Waals surface area contributed by atoms with Crippen LogP contribution < -0.4 is 10.2 Å². The van der Waals surface area contributed by atoms with Crippen molar-refractivity contribution in [3.05, 3.63) is 31.9 Å². The van der Waals surface area contributed by atoms with Crippen molar-refractivity contribution >= 4 is 34.0 Å². The minimum Gasteiger partial charge on any atom is -0.370 e. The van der Waals surface area contributed by atoms with Crippen molar-refractivity contribution in [3.63, 3.8) is 0 Å². The largest absolute Gasteiger partial charge is 0.370 e. The van der Waals surface area contributed by atoms with E-state index in [9.17, 15) is 10.1 Å². The van der Waals surface area contributed by atoms with Crippen LogP contribution in [0.5, 0.6) is 0 Å². The zero-order valence-electron chi connectivity index (χ0n) is 10.2. The first-order valence-electron chi connectivity index (χ1n) is 5.97. The van der Waals surface area contributed by atoms with Crippen molar-refractivity contribution in [1.29, 1.82) is 0 Å². The number of halogens is 1. The average Bonchev–Trinajstić information content (AvgIpc) is 2.38. The summed E-state index contributed by atoms with van der Waals surface area (Å²) in [6, 6.07) is 5.77. The first-order valence-corrected chi connectivity index (χ1v) is 7.05. The van der Waals surface area contributed by atoms with Gasteiger partial charge in [0.15, 0.2) is 0 Å². The summed E-state index contributed by atoms with van der Waals surface area (Å²) in [4.78, 5) is 12.6. The molecular formula is C12H16IN3O2. The highest BCUT2D eigenvalue weighted by Crippen LogP contribution is 2.27. The van der Waals surface area contributed by atoms with Gasteiger partial charge in [0.05, 0.1) is 8.49 Å². The average molecular weight is 361 g/mol. The molecule has 98 valence electrons. The number of nitro groups is 1. The Hall–Kier alpha value is -0.890.